The van der Waals surface area contributed by atoms with Gasteiger partial charge in [-0.25, -0.2) is 0 Å². The Kier molecular flexibility index (Phi) is 12.1. The molecule has 0 aliphatic rings. The molecule has 0 saturated heterocycles. The molecular weight excluding hydrogens is 415 g/mol. The Balaban J connectivity index is 0.000000294. The summed E-state index contributed by atoms with van der Waals surface area (Å²) in [6.07, 6.45) is 0. The van der Waals surface area contributed by atoms with E-state index >= 15 is 0 Å². The van der Waals surface area contributed by atoms with Gasteiger partial charge in [-0.3, -0.25) is 0 Å². The van der Waals surface area contributed by atoms with E-state index in [-0.39, 0.29) is 40.4 Å². The van der Waals surface area contributed by atoms with E-state index in [9.17, 15) is 0 Å². The van der Waals surface area contributed by atoms with Crippen molar-refractivity contribution < 1.29 is 55.7 Å². The molecule has 3 aromatic carbocycles. The van der Waals surface area contributed by atoms with Crippen molar-refractivity contribution in [2.24, 2.45) is 0 Å². The van der Waals surface area contributed by atoms with Crippen LogP contribution in [0.1, 0.15) is 0 Å². The van der Waals surface area contributed by atoms with Gasteiger partial charge in [0.1, 0.15) is 17.2 Å². The molecule has 3 N–H and O–H groups in total. The summed E-state index contributed by atoms with van der Waals surface area (Å²) in [5.74, 6) is 0.965. The number of benzene rings is 3. The number of hydrogen-bond donors (Lipinski definition) is 3. The topological polar surface area (TPSA) is 60.7 Å². The van der Waals surface area contributed by atoms with Gasteiger partial charge in [-0.1, -0.05) is 54.6 Å². The van der Waals surface area contributed by atoms with Crippen LogP contribution in [0.2, 0.25) is 0 Å². The Hall–Kier alpha value is -1.60. The Labute approximate surface area is 163 Å². The summed E-state index contributed by atoms with van der Waals surface area (Å²) < 4.78 is 0. The standard InChI is InChI=1S/3C6H6O.Sm/c3*7-6-4-2-1-3-5-6;/h3*1-5,7H;. The molecule has 22 heavy (non-hydrogen) atoms. The third-order valence-electron chi connectivity index (χ3n) is 2.27. The number of hydrogen-bond acceptors (Lipinski definition) is 3. The van der Waals surface area contributed by atoms with Crippen LogP contribution < -0.4 is 0 Å². The molecule has 3 aromatic rings. The van der Waals surface area contributed by atoms with Gasteiger partial charge in [0.15, 0.2) is 0 Å². The number of para-hydroxylation sites is 3. The third kappa shape index (κ3) is 11.1. The summed E-state index contributed by atoms with van der Waals surface area (Å²) in [5, 5.41) is 25.9. The first-order chi connectivity index (χ1) is 10.2. The molecule has 114 valence electrons. The Morgan fingerprint density at radius 3 is 0.636 bits per heavy atom. The van der Waals surface area contributed by atoms with E-state index in [1.807, 2.05) is 18.2 Å². The first-order valence-electron chi connectivity index (χ1n) is 6.40. The maximum Gasteiger partial charge on any atom is 0.115 e. The number of rotatable bonds is 0. The minimum Gasteiger partial charge on any atom is -0.508 e. The molecule has 4 heteroatoms. The van der Waals surface area contributed by atoms with E-state index in [0.29, 0.717) is 17.2 Å². The molecule has 3 nitrogen and oxygen atoms in total. The molecule has 3 rings (SSSR count). The molecule has 0 fully saturated rings. The van der Waals surface area contributed by atoms with Crippen LogP contribution in [0.3, 0.4) is 0 Å². The van der Waals surface area contributed by atoms with Gasteiger partial charge in [-0.15, -0.1) is 0 Å². The van der Waals surface area contributed by atoms with Crippen LogP contribution in [-0.2, 0) is 0 Å². The van der Waals surface area contributed by atoms with E-state index in [0.717, 1.165) is 0 Å². The fourth-order valence-electron chi connectivity index (χ4n) is 1.28. The van der Waals surface area contributed by atoms with Gasteiger partial charge in [0.2, 0.25) is 0 Å². The molecule has 0 unspecified atom stereocenters. The second-order valence-corrected chi connectivity index (χ2v) is 4.01. The van der Waals surface area contributed by atoms with Crippen molar-refractivity contribution in [3.05, 3.63) is 91.0 Å². The van der Waals surface area contributed by atoms with E-state index in [1.54, 1.807) is 72.8 Å². The van der Waals surface area contributed by atoms with Gasteiger partial charge in [0, 0.05) is 40.4 Å². The average molecular weight is 433 g/mol. The Morgan fingerprint density at radius 1 is 0.364 bits per heavy atom. The summed E-state index contributed by atoms with van der Waals surface area (Å²) in [6, 6.07) is 26.1. The Bertz CT molecular complexity index is 497. The zero-order valence-corrected chi connectivity index (χ0v) is 14.5. The molecular formula is C18H18O3Sm. The van der Waals surface area contributed by atoms with Gasteiger partial charge in [-0.2, -0.15) is 0 Å². The van der Waals surface area contributed by atoms with Gasteiger partial charge >= 0.3 is 0 Å². The van der Waals surface area contributed by atoms with Gasteiger partial charge in [0.25, 0.3) is 0 Å². The molecule has 0 aliphatic heterocycles. The van der Waals surface area contributed by atoms with E-state index < -0.39 is 0 Å². The van der Waals surface area contributed by atoms with Crippen molar-refractivity contribution in [1.29, 1.82) is 0 Å². The van der Waals surface area contributed by atoms with Crippen molar-refractivity contribution in [2.45, 2.75) is 0 Å². The fourth-order valence-corrected chi connectivity index (χ4v) is 1.28. The van der Waals surface area contributed by atoms with Crippen molar-refractivity contribution >= 4 is 0 Å². The molecule has 0 spiro atoms. The summed E-state index contributed by atoms with van der Waals surface area (Å²) in [7, 11) is 0. The van der Waals surface area contributed by atoms with Crippen LogP contribution in [0, 0.1) is 40.4 Å². The van der Waals surface area contributed by atoms with Crippen LogP contribution in [-0.4, -0.2) is 15.3 Å². The van der Waals surface area contributed by atoms with Gasteiger partial charge < -0.3 is 15.3 Å². The monoisotopic (exact) mass is 434 g/mol. The van der Waals surface area contributed by atoms with E-state index in [2.05, 4.69) is 0 Å². The summed E-state index contributed by atoms with van der Waals surface area (Å²) in [6.45, 7) is 0. The van der Waals surface area contributed by atoms with Crippen molar-refractivity contribution in [2.75, 3.05) is 0 Å². The molecule has 0 heterocycles. The van der Waals surface area contributed by atoms with E-state index in [4.69, 9.17) is 15.3 Å². The van der Waals surface area contributed by atoms with Crippen molar-refractivity contribution in [3.8, 4) is 17.2 Å². The molecule has 0 aliphatic carbocycles. The summed E-state index contributed by atoms with van der Waals surface area (Å²) in [5.41, 5.74) is 0. The molecule has 0 radical (unpaired) electrons. The van der Waals surface area contributed by atoms with Crippen molar-refractivity contribution in [1.82, 2.24) is 0 Å². The summed E-state index contributed by atoms with van der Waals surface area (Å²) >= 11 is 0. The molecule has 0 amide bonds. The second kappa shape index (κ2) is 13.1. The predicted octanol–water partition coefficient (Wildman–Crippen LogP) is 4.18. The largest absolute Gasteiger partial charge is 0.508 e. The zero-order chi connectivity index (χ0) is 15.3. The third-order valence-corrected chi connectivity index (χ3v) is 2.27. The summed E-state index contributed by atoms with van der Waals surface area (Å²) in [4.78, 5) is 0. The smallest absolute Gasteiger partial charge is 0.115 e. The van der Waals surface area contributed by atoms with Crippen LogP contribution in [0.4, 0.5) is 0 Å². The van der Waals surface area contributed by atoms with Gasteiger partial charge in [0.05, 0.1) is 0 Å². The zero-order valence-electron chi connectivity index (χ0n) is 11.9. The molecule has 0 atom stereocenters. The molecule has 0 saturated carbocycles. The van der Waals surface area contributed by atoms with Crippen LogP contribution >= 0.6 is 0 Å². The second-order valence-electron chi connectivity index (χ2n) is 4.01. The van der Waals surface area contributed by atoms with Gasteiger partial charge in [-0.05, 0) is 36.4 Å². The normalized spacial score (nSPS) is 8.18. The van der Waals surface area contributed by atoms with Crippen LogP contribution in [0.15, 0.2) is 91.0 Å². The number of aromatic hydroxyl groups is 3. The number of phenolic OH excluding ortho intramolecular Hbond substituents is 3. The first-order valence-corrected chi connectivity index (χ1v) is 6.40. The maximum absolute atomic E-state index is 8.63. The van der Waals surface area contributed by atoms with Crippen LogP contribution in [0.5, 0.6) is 17.2 Å². The molecule has 0 bridgehead atoms. The van der Waals surface area contributed by atoms with Crippen LogP contribution in [0.25, 0.3) is 0 Å². The van der Waals surface area contributed by atoms with E-state index in [1.165, 1.54) is 0 Å². The SMILES string of the molecule is Oc1ccccc1.Oc1ccccc1.Oc1ccccc1.[Sm]. The minimum absolute atomic E-state index is 0. The minimum atomic E-state index is 0. The maximum atomic E-state index is 8.63. The number of phenols is 3. The quantitative estimate of drug-likeness (QED) is 0.499. The average Bonchev–Trinajstić information content (AvgIpc) is 2.51. The first kappa shape index (κ1) is 20.4. The van der Waals surface area contributed by atoms with Crippen molar-refractivity contribution in [3.63, 3.8) is 0 Å². The fraction of sp³-hybridized carbons (Fsp3) is 0. The predicted molar refractivity (Wildman–Crippen MR) is 84.3 cm³/mol. The Morgan fingerprint density at radius 2 is 0.545 bits per heavy atom. The molecule has 0 aromatic heterocycles.